The molecule has 2 fully saturated rings. The van der Waals surface area contributed by atoms with Crippen LogP contribution in [-0.2, 0) is 23.0 Å². The van der Waals surface area contributed by atoms with Crippen molar-refractivity contribution in [2.45, 2.75) is 63.9 Å². The van der Waals surface area contributed by atoms with Gasteiger partial charge in [0, 0.05) is 36.1 Å². The smallest absolute Gasteiger partial charge is 0.256 e. The number of benzene rings is 1. The lowest BCUT2D eigenvalue weighted by Gasteiger charge is -2.39. The molecule has 0 radical (unpaired) electrons. The molecule has 5 rings (SSSR count). The van der Waals surface area contributed by atoms with Gasteiger partial charge in [-0.2, -0.15) is 4.31 Å². The van der Waals surface area contributed by atoms with Crippen LogP contribution >= 0.6 is 11.3 Å². The molecule has 1 aromatic carbocycles. The van der Waals surface area contributed by atoms with Crippen LogP contribution in [0.2, 0.25) is 0 Å². The zero-order valence-electron chi connectivity index (χ0n) is 21.3. The topological polar surface area (TPSA) is 113 Å². The average molecular weight is 531 g/mol. The summed E-state index contributed by atoms with van der Waals surface area (Å²) in [5.74, 6) is -0.957. The Hall–Kier alpha value is -2.27. The zero-order chi connectivity index (χ0) is 26.0. The van der Waals surface area contributed by atoms with E-state index in [0.717, 1.165) is 36.2 Å². The molecule has 2 unspecified atom stereocenters. The van der Waals surface area contributed by atoms with Crippen LogP contribution in [0.25, 0.3) is 0 Å². The van der Waals surface area contributed by atoms with E-state index in [0.29, 0.717) is 35.6 Å². The van der Waals surface area contributed by atoms with E-state index in [9.17, 15) is 18.0 Å². The minimum Gasteiger partial charge on any atom is -0.365 e. The van der Waals surface area contributed by atoms with Gasteiger partial charge in [-0.1, -0.05) is 20.8 Å². The van der Waals surface area contributed by atoms with Crippen LogP contribution in [0.15, 0.2) is 29.2 Å². The highest BCUT2D eigenvalue weighted by molar-refractivity contribution is 7.89. The number of anilines is 1. The lowest BCUT2D eigenvalue weighted by Crippen LogP contribution is -2.37. The number of nitrogens with zero attached hydrogens (tertiary/aromatic N) is 2. The summed E-state index contributed by atoms with van der Waals surface area (Å²) in [6.07, 6.45) is 3.46. The number of hydrogen-bond donors (Lipinski definition) is 2. The Labute approximate surface area is 216 Å². The van der Waals surface area contributed by atoms with Crippen molar-refractivity contribution in [1.82, 2.24) is 9.21 Å². The quantitative estimate of drug-likeness (QED) is 0.612. The number of carbonyl (C=O) groups excluding carboxylic acids is 2. The van der Waals surface area contributed by atoms with Gasteiger partial charge in [-0.3, -0.25) is 9.59 Å². The number of fused-ring (bicyclic) bond motifs is 3. The number of thiophene rings is 1. The summed E-state index contributed by atoms with van der Waals surface area (Å²) in [5, 5.41) is 3.29. The predicted molar refractivity (Wildman–Crippen MR) is 141 cm³/mol. The number of nitrogens with two attached hydrogens (primary N) is 1. The Balaban J connectivity index is 1.35. The summed E-state index contributed by atoms with van der Waals surface area (Å²) >= 11 is 1.37. The number of likely N-dealkylation sites (N-methyl/N-ethyl adjacent to an activating group) is 1. The van der Waals surface area contributed by atoms with Gasteiger partial charge in [-0.15, -0.1) is 11.3 Å². The number of carbonyl (C=O) groups is 2. The van der Waals surface area contributed by atoms with E-state index in [4.69, 9.17) is 5.73 Å². The van der Waals surface area contributed by atoms with E-state index in [1.807, 2.05) is 7.05 Å². The van der Waals surface area contributed by atoms with Crippen LogP contribution < -0.4 is 11.1 Å². The Bertz CT molecular complexity index is 1330. The monoisotopic (exact) mass is 530 g/mol. The van der Waals surface area contributed by atoms with Crippen molar-refractivity contribution >= 4 is 38.2 Å². The normalized spacial score (nSPS) is 25.9. The van der Waals surface area contributed by atoms with E-state index in [1.165, 1.54) is 35.6 Å². The van der Waals surface area contributed by atoms with Crippen molar-refractivity contribution in [2.24, 2.45) is 16.6 Å². The Morgan fingerprint density at radius 3 is 2.50 bits per heavy atom. The molecule has 0 spiro atoms. The summed E-state index contributed by atoms with van der Waals surface area (Å²) in [5.41, 5.74) is 7.38. The second-order valence-electron chi connectivity index (χ2n) is 11.8. The largest absolute Gasteiger partial charge is 0.365 e. The van der Waals surface area contributed by atoms with Gasteiger partial charge in [0.15, 0.2) is 0 Å². The van der Waals surface area contributed by atoms with Crippen LogP contribution in [0.1, 0.15) is 71.2 Å². The zero-order valence-corrected chi connectivity index (χ0v) is 22.9. The number of hydrogen-bond acceptors (Lipinski definition) is 6. The molecular formula is C26H34N4O4S2. The maximum Gasteiger partial charge on any atom is 0.256 e. The van der Waals surface area contributed by atoms with Gasteiger partial charge in [0.2, 0.25) is 10.0 Å². The fourth-order valence-electron chi connectivity index (χ4n) is 6.66. The molecule has 194 valence electrons. The van der Waals surface area contributed by atoms with E-state index in [-0.39, 0.29) is 21.8 Å². The Morgan fingerprint density at radius 2 is 1.83 bits per heavy atom. The third kappa shape index (κ3) is 4.49. The molecular weight excluding hydrogens is 496 g/mol. The van der Waals surface area contributed by atoms with E-state index >= 15 is 0 Å². The Morgan fingerprint density at radius 1 is 1.14 bits per heavy atom. The molecule has 1 saturated carbocycles. The van der Waals surface area contributed by atoms with E-state index in [2.05, 4.69) is 31.0 Å². The third-order valence-electron chi connectivity index (χ3n) is 7.81. The van der Waals surface area contributed by atoms with Crippen LogP contribution in [0.3, 0.4) is 0 Å². The van der Waals surface area contributed by atoms with Crippen LogP contribution in [0.4, 0.5) is 5.00 Å². The number of sulfonamides is 1. The van der Waals surface area contributed by atoms with Gasteiger partial charge in [0.25, 0.3) is 11.8 Å². The first-order chi connectivity index (χ1) is 16.8. The number of rotatable bonds is 5. The summed E-state index contributed by atoms with van der Waals surface area (Å²) in [6.45, 7) is 8.67. The number of primary amides is 1. The van der Waals surface area contributed by atoms with Crippen molar-refractivity contribution in [3.8, 4) is 0 Å². The van der Waals surface area contributed by atoms with Crippen molar-refractivity contribution in [3.05, 3.63) is 45.8 Å². The molecule has 3 heterocycles. The van der Waals surface area contributed by atoms with Gasteiger partial charge in [-0.05, 0) is 73.4 Å². The maximum atomic E-state index is 13.5. The predicted octanol–water partition coefficient (Wildman–Crippen LogP) is 3.68. The average Bonchev–Trinajstić information content (AvgIpc) is 3.26. The first-order valence-electron chi connectivity index (χ1n) is 12.3. The highest BCUT2D eigenvalue weighted by Crippen LogP contribution is 2.53. The van der Waals surface area contributed by atoms with Crippen molar-refractivity contribution in [2.75, 3.05) is 25.5 Å². The Kier molecular flexibility index (Phi) is 6.10. The minimum absolute atomic E-state index is 0.00264. The van der Waals surface area contributed by atoms with Gasteiger partial charge in [0.05, 0.1) is 10.5 Å². The third-order valence-corrected chi connectivity index (χ3v) is 10.9. The molecule has 1 saturated heterocycles. The first-order valence-corrected chi connectivity index (χ1v) is 14.6. The van der Waals surface area contributed by atoms with E-state index < -0.39 is 21.8 Å². The molecule has 3 aliphatic rings. The highest BCUT2D eigenvalue weighted by atomic mass is 32.2. The fraction of sp³-hybridized carbons (Fsp3) is 0.538. The molecule has 36 heavy (non-hydrogen) atoms. The van der Waals surface area contributed by atoms with E-state index in [1.54, 1.807) is 4.31 Å². The highest BCUT2D eigenvalue weighted by Gasteiger charge is 2.53. The molecule has 2 amide bonds. The van der Waals surface area contributed by atoms with Crippen molar-refractivity contribution < 1.29 is 18.0 Å². The molecule has 2 aliphatic heterocycles. The second-order valence-corrected chi connectivity index (χ2v) is 14.8. The maximum absolute atomic E-state index is 13.5. The van der Waals surface area contributed by atoms with Gasteiger partial charge in [0.1, 0.15) is 5.00 Å². The van der Waals surface area contributed by atoms with Crippen LogP contribution in [-0.4, -0.2) is 55.6 Å². The molecule has 10 heteroatoms. The lowest BCUT2D eigenvalue weighted by molar-refractivity contribution is 0.1000. The molecule has 1 aromatic heterocycles. The SMILES string of the molecule is CN1CCc2c(sc(NC(=O)c3ccc(S(=O)(=O)N4CC5(C)CC4CC(C)(C)C5)cc3)c2C(N)=O)C1. The van der Waals surface area contributed by atoms with Crippen LogP contribution in [0, 0.1) is 10.8 Å². The molecule has 8 nitrogen and oxygen atoms in total. The van der Waals surface area contributed by atoms with Crippen LogP contribution in [0.5, 0.6) is 0 Å². The number of nitrogens with one attached hydrogen (secondary N) is 1. The second kappa shape index (κ2) is 8.65. The molecule has 2 atom stereocenters. The number of amides is 2. The summed E-state index contributed by atoms with van der Waals surface area (Å²) in [6, 6.07) is 6.07. The fourth-order valence-corrected chi connectivity index (χ4v) is 9.76. The summed E-state index contributed by atoms with van der Waals surface area (Å²) in [4.78, 5) is 28.6. The van der Waals surface area contributed by atoms with Gasteiger partial charge in [-0.25, -0.2) is 8.42 Å². The first kappa shape index (κ1) is 25.4. The molecule has 2 bridgehead atoms. The summed E-state index contributed by atoms with van der Waals surface area (Å²) < 4.78 is 28.7. The van der Waals surface area contributed by atoms with Gasteiger partial charge < -0.3 is 16.0 Å². The molecule has 1 aliphatic carbocycles. The van der Waals surface area contributed by atoms with Crippen molar-refractivity contribution in [1.29, 1.82) is 0 Å². The summed E-state index contributed by atoms with van der Waals surface area (Å²) in [7, 11) is -1.66. The minimum atomic E-state index is -3.67. The molecule has 3 N–H and O–H groups in total. The lowest BCUT2D eigenvalue weighted by atomic mass is 9.65. The standard InChI is InChI=1S/C26H34N4O4S2/c1-25(2)11-17-12-26(3,14-25)15-30(17)36(33,34)18-7-5-16(6-8-18)23(32)28-24-21(22(27)31)19-9-10-29(4)13-20(19)35-24/h5-8,17H,9-15H2,1-4H3,(H2,27,31)(H,28,32). The molecule has 2 aromatic rings. The van der Waals surface area contributed by atoms with Crippen molar-refractivity contribution in [3.63, 3.8) is 0 Å². The van der Waals surface area contributed by atoms with Gasteiger partial charge >= 0.3 is 0 Å².